The summed E-state index contributed by atoms with van der Waals surface area (Å²) in [6, 6.07) is 8.44. The van der Waals surface area contributed by atoms with E-state index < -0.39 is 0 Å². The maximum Gasteiger partial charge on any atom is 0.124 e. The SMILES string of the molecule is CCNCc1ccccc1OC1CCCC(CC)C1. The van der Waals surface area contributed by atoms with E-state index in [-0.39, 0.29) is 0 Å². The fourth-order valence-electron chi connectivity index (χ4n) is 2.92. The van der Waals surface area contributed by atoms with Gasteiger partial charge in [0.15, 0.2) is 0 Å². The van der Waals surface area contributed by atoms with E-state index in [0.29, 0.717) is 6.10 Å². The van der Waals surface area contributed by atoms with E-state index in [9.17, 15) is 0 Å². The van der Waals surface area contributed by atoms with Gasteiger partial charge < -0.3 is 10.1 Å². The molecule has 0 aliphatic heterocycles. The van der Waals surface area contributed by atoms with Gasteiger partial charge in [-0.3, -0.25) is 0 Å². The number of rotatable bonds is 6. The normalized spacial score (nSPS) is 23.3. The number of benzene rings is 1. The van der Waals surface area contributed by atoms with Crippen LogP contribution in [-0.2, 0) is 6.54 Å². The number of hydrogen-bond donors (Lipinski definition) is 1. The number of hydrogen-bond acceptors (Lipinski definition) is 2. The Hall–Kier alpha value is -1.02. The topological polar surface area (TPSA) is 21.3 Å². The second-order valence-corrected chi connectivity index (χ2v) is 5.57. The zero-order chi connectivity index (χ0) is 13.5. The van der Waals surface area contributed by atoms with Crippen LogP contribution in [0.3, 0.4) is 0 Å². The Balaban J connectivity index is 1.97. The quantitative estimate of drug-likeness (QED) is 0.831. The van der Waals surface area contributed by atoms with Crippen LogP contribution >= 0.6 is 0 Å². The molecule has 1 N–H and O–H groups in total. The fourth-order valence-corrected chi connectivity index (χ4v) is 2.92. The van der Waals surface area contributed by atoms with Crippen LogP contribution in [0.15, 0.2) is 24.3 Å². The first-order valence-electron chi connectivity index (χ1n) is 7.78. The van der Waals surface area contributed by atoms with Crippen LogP contribution < -0.4 is 10.1 Å². The number of ether oxygens (including phenoxy) is 1. The molecule has 1 saturated carbocycles. The Morgan fingerprint density at radius 1 is 1.21 bits per heavy atom. The highest BCUT2D eigenvalue weighted by molar-refractivity contribution is 5.33. The molecule has 1 aliphatic carbocycles. The highest BCUT2D eigenvalue weighted by Gasteiger charge is 2.22. The Kier molecular flexibility index (Phi) is 5.71. The van der Waals surface area contributed by atoms with Gasteiger partial charge in [0.25, 0.3) is 0 Å². The first-order valence-corrected chi connectivity index (χ1v) is 7.78. The molecule has 1 aromatic rings. The van der Waals surface area contributed by atoms with Crippen LogP contribution in [0.4, 0.5) is 0 Å². The van der Waals surface area contributed by atoms with Crippen molar-refractivity contribution in [2.75, 3.05) is 6.54 Å². The van der Waals surface area contributed by atoms with Crippen LogP contribution in [0.25, 0.3) is 0 Å². The third-order valence-electron chi connectivity index (χ3n) is 4.14. The van der Waals surface area contributed by atoms with Gasteiger partial charge in [-0.25, -0.2) is 0 Å². The third-order valence-corrected chi connectivity index (χ3v) is 4.14. The van der Waals surface area contributed by atoms with Gasteiger partial charge in [-0.1, -0.05) is 44.9 Å². The average Bonchev–Trinajstić information content (AvgIpc) is 2.46. The van der Waals surface area contributed by atoms with Crippen molar-refractivity contribution in [3.63, 3.8) is 0 Å². The van der Waals surface area contributed by atoms with Crippen LogP contribution in [0.2, 0.25) is 0 Å². The van der Waals surface area contributed by atoms with Gasteiger partial charge in [0.05, 0.1) is 6.10 Å². The molecule has 1 aliphatic rings. The van der Waals surface area contributed by atoms with Gasteiger partial charge in [-0.2, -0.15) is 0 Å². The zero-order valence-electron chi connectivity index (χ0n) is 12.3. The van der Waals surface area contributed by atoms with Crippen molar-refractivity contribution >= 4 is 0 Å². The van der Waals surface area contributed by atoms with E-state index in [1.165, 1.54) is 37.7 Å². The second-order valence-electron chi connectivity index (χ2n) is 5.57. The lowest BCUT2D eigenvalue weighted by Crippen LogP contribution is -2.25. The highest BCUT2D eigenvalue weighted by atomic mass is 16.5. The van der Waals surface area contributed by atoms with Crippen molar-refractivity contribution in [3.8, 4) is 5.75 Å². The Morgan fingerprint density at radius 2 is 2.05 bits per heavy atom. The van der Waals surface area contributed by atoms with Crippen LogP contribution in [0.5, 0.6) is 5.75 Å². The van der Waals surface area contributed by atoms with Crippen molar-refractivity contribution in [1.29, 1.82) is 0 Å². The van der Waals surface area contributed by atoms with Crippen LogP contribution in [-0.4, -0.2) is 12.6 Å². The van der Waals surface area contributed by atoms with Gasteiger partial charge in [0.1, 0.15) is 5.75 Å². The summed E-state index contributed by atoms with van der Waals surface area (Å²) in [4.78, 5) is 0. The van der Waals surface area contributed by atoms with Gasteiger partial charge in [0, 0.05) is 12.1 Å². The Bertz CT molecular complexity index is 377. The highest BCUT2D eigenvalue weighted by Crippen LogP contribution is 2.30. The molecule has 0 spiro atoms. The van der Waals surface area contributed by atoms with Crippen molar-refractivity contribution in [2.24, 2.45) is 5.92 Å². The standard InChI is InChI=1S/C17H27NO/c1-3-14-8-7-10-16(12-14)19-17-11-6-5-9-15(17)13-18-4-2/h5-6,9,11,14,16,18H,3-4,7-8,10,12-13H2,1-2H3. The zero-order valence-corrected chi connectivity index (χ0v) is 12.3. The number of para-hydroxylation sites is 1. The Labute approximate surface area is 117 Å². The predicted molar refractivity (Wildman–Crippen MR) is 80.5 cm³/mol. The largest absolute Gasteiger partial charge is 0.490 e. The van der Waals surface area contributed by atoms with Crippen molar-refractivity contribution in [2.45, 2.75) is 58.6 Å². The molecular weight excluding hydrogens is 234 g/mol. The lowest BCUT2D eigenvalue weighted by molar-refractivity contribution is 0.121. The smallest absolute Gasteiger partial charge is 0.124 e. The van der Waals surface area contributed by atoms with Crippen molar-refractivity contribution < 1.29 is 4.74 Å². The third kappa shape index (κ3) is 4.24. The van der Waals surface area contributed by atoms with E-state index in [0.717, 1.165) is 24.8 Å². The molecule has 1 aromatic carbocycles. The molecule has 0 saturated heterocycles. The molecular formula is C17H27NO. The minimum atomic E-state index is 0.418. The van der Waals surface area contributed by atoms with E-state index in [4.69, 9.17) is 4.74 Å². The molecule has 2 unspecified atom stereocenters. The second kappa shape index (κ2) is 7.54. The van der Waals surface area contributed by atoms with Crippen molar-refractivity contribution in [3.05, 3.63) is 29.8 Å². The van der Waals surface area contributed by atoms with Crippen molar-refractivity contribution in [1.82, 2.24) is 5.32 Å². The summed E-state index contributed by atoms with van der Waals surface area (Å²) in [5, 5.41) is 3.38. The summed E-state index contributed by atoms with van der Waals surface area (Å²) in [7, 11) is 0. The van der Waals surface area contributed by atoms with Gasteiger partial charge in [-0.15, -0.1) is 0 Å². The molecule has 106 valence electrons. The van der Waals surface area contributed by atoms with Gasteiger partial charge in [0.2, 0.25) is 0 Å². The molecule has 2 rings (SSSR count). The molecule has 2 nitrogen and oxygen atoms in total. The van der Waals surface area contributed by atoms with E-state index in [1.54, 1.807) is 0 Å². The minimum absolute atomic E-state index is 0.418. The molecule has 1 fully saturated rings. The van der Waals surface area contributed by atoms with Gasteiger partial charge in [-0.05, 0) is 37.8 Å². The fraction of sp³-hybridized carbons (Fsp3) is 0.647. The van der Waals surface area contributed by atoms with E-state index >= 15 is 0 Å². The summed E-state index contributed by atoms with van der Waals surface area (Å²) in [5.41, 5.74) is 1.28. The first-order chi connectivity index (χ1) is 9.33. The van der Waals surface area contributed by atoms with Gasteiger partial charge >= 0.3 is 0 Å². The molecule has 2 heteroatoms. The molecule has 0 bridgehead atoms. The number of nitrogens with one attached hydrogen (secondary N) is 1. The van der Waals surface area contributed by atoms with Crippen LogP contribution in [0, 0.1) is 5.92 Å². The lowest BCUT2D eigenvalue weighted by atomic mass is 9.85. The lowest BCUT2D eigenvalue weighted by Gasteiger charge is -2.29. The first kappa shape index (κ1) is 14.4. The predicted octanol–water partition coefficient (Wildman–Crippen LogP) is 4.14. The summed E-state index contributed by atoms with van der Waals surface area (Å²) in [6.45, 7) is 6.33. The molecule has 0 amide bonds. The molecule has 0 radical (unpaired) electrons. The maximum absolute atomic E-state index is 6.28. The molecule has 2 atom stereocenters. The van der Waals surface area contributed by atoms with E-state index in [1.807, 2.05) is 0 Å². The van der Waals surface area contributed by atoms with E-state index in [2.05, 4.69) is 43.4 Å². The van der Waals surface area contributed by atoms with Crippen LogP contribution in [0.1, 0.15) is 51.5 Å². The summed E-state index contributed by atoms with van der Waals surface area (Å²) in [5.74, 6) is 1.94. The molecule has 0 heterocycles. The maximum atomic E-state index is 6.28. The molecule has 0 aromatic heterocycles. The summed E-state index contributed by atoms with van der Waals surface area (Å²) < 4.78 is 6.28. The average molecular weight is 261 g/mol. The summed E-state index contributed by atoms with van der Waals surface area (Å²) in [6.07, 6.45) is 6.85. The summed E-state index contributed by atoms with van der Waals surface area (Å²) >= 11 is 0. The minimum Gasteiger partial charge on any atom is -0.490 e. The molecule has 19 heavy (non-hydrogen) atoms. The monoisotopic (exact) mass is 261 g/mol. The Morgan fingerprint density at radius 3 is 2.84 bits per heavy atom.